The summed E-state index contributed by atoms with van der Waals surface area (Å²) in [5.41, 5.74) is -6.30. The summed E-state index contributed by atoms with van der Waals surface area (Å²) in [5, 5.41) is 36.1. The zero-order valence-electron chi connectivity index (χ0n) is 25.6. The molecule has 1 aromatic carbocycles. The average Bonchev–Trinajstić information content (AvgIpc) is 3.81. The zero-order chi connectivity index (χ0) is 32.0. The van der Waals surface area contributed by atoms with Crippen LogP contribution in [0.15, 0.2) is 41.5 Å². The Balaban J connectivity index is 1.63. The molecule has 4 aliphatic carbocycles. The predicted octanol–water partition coefficient (Wildman–Crippen LogP) is 2.04. The van der Waals surface area contributed by atoms with Gasteiger partial charge in [-0.3, -0.25) is 14.4 Å². The molecule has 1 aliphatic heterocycles. The third-order valence-electron chi connectivity index (χ3n) is 11.1. The quantitative estimate of drug-likeness (QED) is 0.253. The van der Waals surface area contributed by atoms with E-state index in [9.17, 15) is 34.5 Å². The van der Waals surface area contributed by atoms with Crippen molar-refractivity contribution in [2.75, 3.05) is 6.61 Å². The zero-order valence-corrected chi connectivity index (χ0v) is 25.6. The standard InChI is InChI=1S/C33H40O11/c1-16-20(35)14-33(40)27(43-28(38)18-9-7-6-8-10-18)25-31(5,26(37)24(42-17(2)34)23(16)30(33,3)4)21(36)13-22-32(25,15-41-22)44-29(39)19-11-12-19/h6-10,19-22,24-25,27,35-36,40H,11-15H2,1-5H3/t20-,21-,22+,24+,25?,27-,31+,32-,33+/m0/s1. The van der Waals surface area contributed by atoms with Crippen molar-refractivity contribution in [3.63, 3.8) is 0 Å². The van der Waals surface area contributed by atoms with E-state index < -0.39 is 82.2 Å². The first-order valence-corrected chi connectivity index (χ1v) is 15.2. The minimum atomic E-state index is -2.10. The third-order valence-corrected chi connectivity index (χ3v) is 11.1. The summed E-state index contributed by atoms with van der Waals surface area (Å²) in [6.45, 7) is 7.35. The summed E-state index contributed by atoms with van der Waals surface area (Å²) in [6, 6.07) is 8.11. The van der Waals surface area contributed by atoms with Gasteiger partial charge >= 0.3 is 17.9 Å². The topological polar surface area (TPSA) is 166 Å². The normalized spacial score (nSPS) is 40.8. The van der Waals surface area contributed by atoms with E-state index in [0.717, 1.165) is 6.92 Å². The van der Waals surface area contributed by atoms with E-state index in [0.29, 0.717) is 18.4 Å². The number of fused-ring (bicyclic) bond motifs is 5. The summed E-state index contributed by atoms with van der Waals surface area (Å²) in [6.07, 6.45) is -5.91. The molecular weight excluding hydrogens is 572 g/mol. The van der Waals surface area contributed by atoms with Crippen molar-refractivity contribution in [1.29, 1.82) is 0 Å². The van der Waals surface area contributed by atoms with Crippen molar-refractivity contribution in [3.05, 3.63) is 47.0 Å². The number of hydrogen-bond acceptors (Lipinski definition) is 11. The van der Waals surface area contributed by atoms with Gasteiger partial charge in [0.1, 0.15) is 17.8 Å². The Morgan fingerprint density at radius 1 is 1.02 bits per heavy atom. The molecule has 238 valence electrons. The third kappa shape index (κ3) is 4.23. The molecule has 1 heterocycles. The van der Waals surface area contributed by atoms with Crippen LogP contribution in [0, 0.1) is 22.7 Å². The maximum atomic E-state index is 14.9. The van der Waals surface area contributed by atoms with Gasteiger partial charge in [-0.1, -0.05) is 32.0 Å². The molecule has 0 aromatic heterocycles. The predicted molar refractivity (Wildman–Crippen MR) is 152 cm³/mol. The molecule has 3 saturated carbocycles. The molecule has 11 nitrogen and oxygen atoms in total. The van der Waals surface area contributed by atoms with Gasteiger partial charge in [0.15, 0.2) is 17.5 Å². The monoisotopic (exact) mass is 612 g/mol. The van der Waals surface area contributed by atoms with Crippen LogP contribution in [-0.2, 0) is 33.3 Å². The first-order valence-electron chi connectivity index (χ1n) is 15.2. The Kier molecular flexibility index (Phi) is 7.16. The van der Waals surface area contributed by atoms with Crippen LogP contribution in [0.5, 0.6) is 0 Å². The number of benzene rings is 1. The van der Waals surface area contributed by atoms with E-state index in [1.54, 1.807) is 51.1 Å². The van der Waals surface area contributed by atoms with Gasteiger partial charge in [-0.05, 0) is 50.0 Å². The van der Waals surface area contributed by atoms with Crippen molar-refractivity contribution in [3.8, 4) is 0 Å². The van der Waals surface area contributed by atoms with Crippen LogP contribution in [0.3, 0.4) is 0 Å². The Morgan fingerprint density at radius 2 is 1.68 bits per heavy atom. The number of carbonyl (C=O) groups excluding carboxylic acids is 4. The molecular formula is C33H40O11. The van der Waals surface area contributed by atoms with E-state index in [1.165, 1.54) is 6.92 Å². The number of aliphatic hydroxyl groups excluding tert-OH is 2. The lowest BCUT2D eigenvalue weighted by molar-refractivity contribution is -0.346. The fourth-order valence-corrected chi connectivity index (χ4v) is 8.23. The van der Waals surface area contributed by atoms with Gasteiger partial charge in [0, 0.05) is 25.2 Å². The average molecular weight is 613 g/mol. The molecule has 9 atom stereocenters. The number of hydrogen-bond donors (Lipinski definition) is 3. The lowest BCUT2D eigenvalue weighted by Crippen LogP contribution is -2.82. The summed E-state index contributed by atoms with van der Waals surface area (Å²) >= 11 is 0. The van der Waals surface area contributed by atoms with Crippen molar-refractivity contribution in [2.45, 2.75) is 102 Å². The highest BCUT2D eigenvalue weighted by atomic mass is 16.6. The van der Waals surface area contributed by atoms with E-state index in [-0.39, 0.29) is 36.5 Å². The van der Waals surface area contributed by atoms with Crippen LogP contribution < -0.4 is 0 Å². The minimum absolute atomic E-state index is 0.0920. The molecule has 1 aromatic rings. The summed E-state index contributed by atoms with van der Waals surface area (Å²) < 4.78 is 24.1. The smallest absolute Gasteiger partial charge is 0.338 e. The van der Waals surface area contributed by atoms with Gasteiger partial charge in [0.25, 0.3) is 0 Å². The maximum absolute atomic E-state index is 14.9. The van der Waals surface area contributed by atoms with E-state index in [1.807, 2.05) is 0 Å². The number of aliphatic hydroxyl groups is 3. The highest BCUT2D eigenvalue weighted by molar-refractivity contribution is 5.95. The van der Waals surface area contributed by atoms with Crippen molar-refractivity contribution >= 4 is 23.7 Å². The van der Waals surface area contributed by atoms with Crippen molar-refractivity contribution < 1.29 is 53.4 Å². The number of ether oxygens (including phenoxy) is 4. The van der Waals surface area contributed by atoms with Crippen LogP contribution in [-0.4, -0.2) is 87.3 Å². The number of rotatable bonds is 5. The molecule has 3 N–H and O–H groups in total. The Labute approximate surface area is 255 Å². The number of esters is 3. The first-order chi connectivity index (χ1) is 20.6. The second-order valence-corrected chi connectivity index (χ2v) is 13.9. The van der Waals surface area contributed by atoms with Gasteiger partial charge in [0.2, 0.25) is 0 Å². The van der Waals surface area contributed by atoms with Gasteiger partial charge in [0.05, 0.1) is 41.6 Å². The lowest BCUT2D eigenvalue weighted by atomic mass is 9.44. The number of Topliss-reactive ketones (excluding diaryl/α,β-unsaturated/α-hetero) is 1. The first kappa shape index (κ1) is 30.9. The highest BCUT2D eigenvalue weighted by Gasteiger charge is 2.78. The molecule has 0 spiro atoms. The maximum Gasteiger partial charge on any atom is 0.338 e. The van der Waals surface area contributed by atoms with Gasteiger partial charge in [-0.25, -0.2) is 4.79 Å². The molecule has 4 fully saturated rings. The Bertz CT molecular complexity index is 1430. The van der Waals surface area contributed by atoms with E-state index in [2.05, 4.69) is 0 Å². The van der Waals surface area contributed by atoms with Crippen LogP contribution in [0.4, 0.5) is 0 Å². The lowest BCUT2D eigenvalue weighted by Gasteiger charge is -2.67. The largest absolute Gasteiger partial charge is 0.455 e. The van der Waals surface area contributed by atoms with E-state index in [4.69, 9.17) is 18.9 Å². The molecule has 0 amide bonds. The fraction of sp³-hybridized carbons (Fsp3) is 0.636. The van der Waals surface area contributed by atoms with Gasteiger partial charge in [-0.2, -0.15) is 0 Å². The summed E-state index contributed by atoms with van der Waals surface area (Å²) in [5.74, 6) is -4.48. The van der Waals surface area contributed by atoms with Crippen LogP contribution >= 0.6 is 0 Å². The number of ketones is 1. The molecule has 11 heteroatoms. The van der Waals surface area contributed by atoms with Crippen molar-refractivity contribution in [2.24, 2.45) is 22.7 Å². The van der Waals surface area contributed by atoms with Gasteiger partial charge < -0.3 is 34.3 Å². The van der Waals surface area contributed by atoms with Crippen molar-refractivity contribution in [1.82, 2.24) is 0 Å². The van der Waals surface area contributed by atoms with Crippen LogP contribution in [0.2, 0.25) is 0 Å². The summed E-state index contributed by atoms with van der Waals surface area (Å²) in [4.78, 5) is 54.6. The van der Waals surface area contributed by atoms with E-state index >= 15 is 0 Å². The minimum Gasteiger partial charge on any atom is -0.455 e. The Hall–Kier alpha value is -3.12. The Morgan fingerprint density at radius 3 is 2.25 bits per heavy atom. The molecule has 0 radical (unpaired) electrons. The molecule has 6 rings (SSSR count). The highest BCUT2D eigenvalue weighted by Crippen LogP contribution is 2.64. The molecule has 2 bridgehead atoms. The second-order valence-electron chi connectivity index (χ2n) is 13.9. The van der Waals surface area contributed by atoms with Crippen LogP contribution in [0.25, 0.3) is 0 Å². The fourth-order valence-electron chi connectivity index (χ4n) is 8.23. The second kappa shape index (κ2) is 10.2. The molecule has 1 unspecified atom stereocenters. The molecule has 1 saturated heterocycles. The SMILES string of the molecule is CC(=O)O[C@H]1C(=O)[C@@]2(C)C([C@H](OC(=O)c3ccccc3)[C@]3(O)C[C@H](O)C(C)=C1C3(C)C)[C@]1(OC(=O)C3CC3)CO[C@@H]1C[C@@H]2O. The molecule has 44 heavy (non-hydrogen) atoms. The number of carbonyl (C=O) groups is 4. The van der Waals surface area contributed by atoms with Gasteiger partial charge in [-0.15, -0.1) is 0 Å². The molecule has 5 aliphatic rings. The van der Waals surface area contributed by atoms with Crippen LogP contribution in [0.1, 0.15) is 70.7 Å². The summed E-state index contributed by atoms with van der Waals surface area (Å²) in [7, 11) is 0.